The van der Waals surface area contributed by atoms with Gasteiger partial charge in [-0.3, -0.25) is 9.59 Å². The molecule has 2 aliphatic rings. The lowest BCUT2D eigenvalue weighted by Gasteiger charge is -2.31. The molecule has 1 aliphatic heterocycles. The number of likely N-dealkylation sites (tertiary alicyclic amines) is 1. The van der Waals surface area contributed by atoms with Crippen molar-refractivity contribution in [3.05, 3.63) is 35.4 Å². The molecule has 1 amide bonds. The fourth-order valence-electron chi connectivity index (χ4n) is 3.89. The summed E-state index contributed by atoms with van der Waals surface area (Å²) in [5.74, 6) is -0.941. The molecule has 5 heteroatoms. The number of benzene rings is 1. The number of aryl methyl sites for hydroxylation is 1. The molecular formula is C19H26N2O3. The zero-order chi connectivity index (χ0) is 16.9. The third-order valence-corrected chi connectivity index (χ3v) is 5.21. The summed E-state index contributed by atoms with van der Waals surface area (Å²) in [5, 5.41) is 12.3. The molecule has 130 valence electrons. The van der Waals surface area contributed by atoms with Gasteiger partial charge in [0.05, 0.1) is 12.0 Å². The predicted molar refractivity (Wildman–Crippen MR) is 91.7 cm³/mol. The molecule has 0 aromatic heterocycles. The van der Waals surface area contributed by atoms with Crippen LogP contribution in [0.3, 0.4) is 0 Å². The Hall–Kier alpha value is -1.88. The molecule has 2 atom stereocenters. The van der Waals surface area contributed by atoms with Crippen molar-refractivity contribution in [2.45, 2.75) is 44.6 Å². The number of nitrogens with one attached hydrogen (secondary N) is 1. The van der Waals surface area contributed by atoms with Crippen LogP contribution in [0.2, 0.25) is 0 Å². The first-order valence-corrected chi connectivity index (χ1v) is 8.96. The summed E-state index contributed by atoms with van der Waals surface area (Å²) in [6.07, 6.45) is 5.27. The summed E-state index contributed by atoms with van der Waals surface area (Å²) in [4.78, 5) is 25.5. The number of piperidine rings is 1. The molecule has 1 aromatic rings. The molecule has 3 rings (SSSR count). The summed E-state index contributed by atoms with van der Waals surface area (Å²) < 4.78 is 0. The van der Waals surface area contributed by atoms with Crippen LogP contribution in [0, 0.1) is 5.92 Å². The van der Waals surface area contributed by atoms with E-state index in [1.54, 1.807) is 0 Å². The van der Waals surface area contributed by atoms with Gasteiger partial charge in [-0.2, -0.15) is 0 Å². The standard InChI is InChI=1S/C19H26N2O3/c22-18(10-12-21-11-4-7-15(13-21)19(23)24)20-17-9-3-6-14-5-1-2-8-16(14)17/h1-2,5,8,15,17H,3-4,6-7,9-13H2,(H,20,22)(H,23,24). The molecule has 0 saturated carbocycles. The number of rotatable bonds is 5. The van der Waals surface area contributed by atoms with Crippen molar-refractivity contribution in [2.75, 3.05) is 19.6 Å². The van der Waals surface area contributed by atoms with Gasteiger partial charge >= 0.3 is 5.97 Å². The van der Waals surface area contributed by atoms with Crippen LogP contribution in [0.4, 0.5) is 0 Å². The van der Waals surface area contributed by atoms with Crippen molar-refractivity contribution in [2.24, 2.45) is 5.92 Å². The lowest BCUT2D eigenvalue weighted by Crippen LogP contribution is -2.41. The minimum absolute atomic E-state index is 0.0640. The Balaban J connectivity index is 1.49. The molecule has 1 aromatic carbocycles. The smallest absolute Gasteiger partial charge is 0.307 e. The van der Waals surface area contributed by atoms with Gasteiger partial charge in [0.1, 0.15) is 0 Å². The topological polar surface area (TPSA) is 69.6 Å². The van der Waals surface area contributed by atoms with Crippen LogP contribution in [0.1, 0.15) is 49.3 Å². The highest BCUT2D eigenvalue weighted by Crippen LogP contribution is 2.29. The highest BCUT2D eigenvalue weighted by atomic mass is 16.4. The highest BCUT2D eigenvalue weighted by Gasteiger charge is 2.26. The quantitative estimate of drug-likeness (QED) is 0.869. The van der Waals surface area contributed by atoms with Gasteiger partial charge in [-0.1, -0.05) is 24.3 Å². The zero-order valence-electron chi connectivity index (χ0n) is 14.0. The minimum atomic E-state index is -0.719. The number of amides is 1. The van der Waals surface area contributed by atoms with Gasteiger partial charge < -0.3 is 15.3 Å². The first kappa shape index (κ1) is 17.0. The van der Waals surface area contributed by atoms with Gasteiger partial charge in [-0.05, 0) is 49.8 Å². The summed E-state index contributed by atoms with van der Waals surface area (Å²) >= 11 is 0. The van der Waals surface area contributed by atoms with Crippen molar-refractivity contribution < 1.29 is 14.7 Å². The Morgan fingerprint density at radius 2 is 2.04 bits per heavy atom. The molecule has 1 fully saturated rings. The Morgan fingerprint density at radius 1 is 1.21 bits per heavy atom. The normalized spacial score (nSPS) is 24.2. The van der Waals surface area contributed by atoms with E-state index < -0.39 is 5.97 Å². The third-order valence-electron chi connectivity index (χ3n) is 5.21. The fraction of sp³-hybridized carbons (Fsp3) is 0.579. The van der Waals surface area contributed by atoms with E-state index >= 15 is 0 Å². The number of nitrogens with zero attached hydrogens (tertiary/aromatic N) is 1. The first-order chi connectivity index (χ1) is 11.6. The van der Waals surface area contributed by atoms with E-state index in [0.717, 1.165) is 38.6 Å². The molecule has 1 saturated heterocycles. The van der Waals surface area contributed by atoms with Crippen LogP contribution >= 0.6 is 0 Å². The van der Waals surface area contributed by atoms with E-state index in [1.165, 1.54) is 11.1 Å². The molecule has 24 heavy (non-hydrogen) atoms. The predicted octanol–water partition coefficient (Wildman–Crippen LogP) is 2.37. The Bertz CT molecular complexity index is 602. The van der Waals surface area contributed by atoms with Gasteiger partial charge in [0.25, 0.3) is 0 Å². The average molecular weight is 330 g/mol. The number of carboxylic acids is 1. The van der Waals surface area contributed by atoms with Crippen molar-refractivity contribution in [3.63, 3.8) is 0 Å². The number of fused-ring (bicyclic) bond motifs is 1. The Morgan fingerprint density at radius 3 is 2.88 bits per heavy atom. The molecule has 0 spiro atoms. The molecular weight excluding hydrogens is 304 g/mol. The van der Waals surface area contributed by atoms with E-state index in [9.17, 15) is 9.59 Å². The van der Waals surface area contributed by atoms with E-state index in [-0.39, 0.29) is 17.9 Å². The lowest BCUT2D eigenvalue weighted by atomic mass is 9.87. The van der Waals surface area contributed by atoms with E-state index in [1.807, 2.05) is 6.07 Å². The van der Waals surface area contributed by atoms with E-state index in [4.69, 9.17) is 5.11 Å². The van der Waals surface area contributed by atoms with Crippen LogP contribution in [0.5, 0.6) is 0 Å². The lowest BCUT2D eigenvalue weighted by molar-refractivity contribution is -0.143. The van der Waals surface area contributed by atoms with Crippen molar-refractivity contribution in [1.82, 2.24) is 10.2 Å². The largest absolute Gasteiger partial charge is 0.481 e. The SMILES string of the molecule is O=C(CCN1CCCC(C(=O)O)C1)NC1CCCc2ccccc21. The van der Waals surface area contributed by atoms with Gasteiger partial charge in [0.15, 0.2) is 0 Å². The molecule has 0 radical (unpaired) electrons. The summed E-state index contributed by atoms with van der Waals surface area (Å²) in [6.45, 7) is 2.10. The van der Waals surface area contributed by atoms with E-state index in [2.05, 4.69) is 28.4 Å². The van der Waals surface area contributed by atoms with Gasteiger partial charge in [-0.15, -0.1) is 0 Å². The second-order valence-corrected chi connectivity index (χ2v) is 6.94. The number of hydrogen-bond acceptors (Lipinski definition) is 3. The summed E-state index contributed by atoms with van der Waals surface area (Å²) in [6, 6.07) is 8.46. The van der Waals surface area contributed by atoms with Crippen molar-refractivity contribution in [3.8, 4) is 0 Å². The molecule has 1 heterocycles. The average Bonchev–Trinajstić information content (AvgIpc) is 2.60. The van der Waals surface area contributed by atoms with Crippen LogP contribution < -0.4 is 5.32 Å². The molecule has 2 N–H and O–H groups in total. The Kier molecular flexibility index (Phi) is 5.51. The van der Waals surface area contributed by atoms with Crippen molar-refractivity contribution in [1.29, 1.82) is 0 Å². The zero-order valence-corrected chi connectivity index (χ0v) is 14.0. The number of aliphatic carboxylic acids is 1. The van der Waals surface area contributed by atoms with Crippen LogP contribution in [0.15, 0.2) is 24.3 Å². The first-order valence-electron chi connectivity index (χ1n) is 8.96. The van der Waals surface area contributed by atoms with Crippen molar-refractivity contribution >= 4 is 11.9 Å². The highest BCUT2D eigenvalue weighted by molar-refractivity contribution is 5.76. The second-order valence-electron chi connectivity index (χ2n) is 6.94. The van der Waals surface area contributed by atoms with Gasteiger partial charge in [0.2, 0.25) is 5.91 Å². The minimum Gasteiger partial charge on any atom is -0.481 e. The number of carbonyl (C=O) groups is 2. The number of carboxylic acid groups (broad SMARTS) is 1. The van der Waals surface area contributed by atoms with Crippen LogP contribution in [-0.4, -0.2) is 41.5 Å². The third kappa shape index (κ3) is 4.15. The molecule has 1 aliphatic carbocycles. The van der Waals surface area contributed by atoms with Gasteiger partial charge in [0, 0.05) is 19.5 Å². The molecule has 5 nitrogen and oxygen atoms in total. The summed E-state index contributed by atoms with van der Waals surface area (Å²) in [5.41, 5.74) is 2.59. The van der Waals surface area contributed by atoms with Gasteiger partial charge in [-0.25, -0.2) is 0 Å². The molecule has 0 bridgehead atoms. The number of hydrogen-bond donors (Lipinski definition) is 2. The Labute approximate surface area is 143 Å². The maximum atomic E-state index is 12.3. The maximum Gasteiger partial charge on any atom is 0.307 e. The van der Waals surface area contributed by atoms with Crippen LogP contribution in [0.25, 0.3) is 0 Å². The van der Waals surface area contributed by atoms with Crippen LogP contribution in [-0.2, 0) is 16.0 Å². The second kappa shape index (κ2) is 7.79. The maximum absolute atomic E-state index is 12.3. The van der Waals surface area contributed by atoms with E-state index in [0.29, 0.717) is 19.5 Å². The number of carbonyl (C=O) groups excluding carboxylic acids is 1. The molecule has 2 unspecified atom stereocenters. The monoisotopic (exact) mass is 330 g/mol. The fourth-order valence-corrected chi connectivity index (χ4v) is 3.89. The summed E-state index contributed by atoms with van der Waals surface area (Å²) in [7, 11) is 0.